The number of ether oxygens (including phenoxy) is 3. The van der Waals surface area contributed by atoms with Crippen molar-refractivity contribution in [3.8, 4) is 44.9 Å². The van der Waals surface area contributed by atoms with Gasteiger partial charge >= 0.3 is 17.9 Å². The molecule has 0 bridgehead atoms. The lowest BCUT2D eigenvalue weighted by Crippen LogP contribution is -2.26. The second kappa shape index (κ2) is 17.5. The number of rotatable bonds is 12. The molecule has 3 saturated carbocycles. The molecule has 3 aliphatic carbocycles. The van der Waals surface area contributed by atoms with Crippen molar-refractivity contribution in [2.45, 2.75) is 73.7 Å². The summed E-state index contributed by atoms with van der Waals surface area (Å²) in [6.07, 6.45) is 4.94. The van der Waals surface area contributed by atoms with E-state index in [0.29, 0.717) is 66.3 Å². The SMILES string of the molecule is O=C(O)C1(c2ccc(-c3ccc(OC(=O)C4(c5ccc(-c6ccc(F)c(F)c6)c(F)c5)CC4)cc3)c(F)c2)CC1.O=C(O)C1(c2ccc(-c3ccc(OC4CCOCC4)cc3)c(F)c2)CC1. The summed E-state index contributed by atoms with van der Waals surface area (Å²) >= 11 is 0. The molecule has 1 heterocycles. The van der Waals surface area contributed by atoms with Crippen molar-refractivity contribution in [2.24, 2.45) is 0 Å². The molecule has 1 aliphatic heterocycles. The fraction of sp³-hybridized carbons (Fsp3) is 0.264. The van der Waals surface area contributed by atoms with E-state index in [4.69, 9.17) is 14.2 Å². The number of carbonyl (C=O) groups excluding carboxylic acids is 1. The molecule has 4 aliphatic rings. The van der Waals surface area contributed by atoms with Crippen LogP contribution in [-0.4, -0.2) is 47.4 Å². The van der Waals surface area contributed by atoms with Gasteiger partial charge in [-0.1, -0.05) is 66.7 Å². The van der Waals surface area contributed by atoms with Gasteiger partial charge in [-0.15, -0.1) is 0 Å². The first kappa shape index (κ1) is 44.3. The van der Waals surface area contributed by atoms with Crippen molar-refractivity contribution in [1.29, 1.82) is 0 Å². The summed E-state index contributed by atoms with van der Waals surface area (Å²) in [6, 6.07) is 30.2. The largest absolute Gasteiger partial charge is 0.490 e. The predicted octanol–water partition coefficient (Wildman–Crippen LogP) is 11.5. The second-order valence-corrected chi connectivity index (χ2v) is 17.4. The molecule has 1 saturated heterocycles. The Morgan fingerprint density at radius 2 is 0.879 bits per heavy atom. The maximum Gasteiger partial charge on any atom is 0.321 e. The lowest BCUT2D eigenvalue weighted by Gasteiger charge is -2.23. The quantitative estimate of drug-likeness (QED) is 0.0708. The molecule has 2 N–H and O–H groups in total. The summed E-state index contributed by atoms with van der Waals surface area (Å²) in [4.78, 5) is 36.1. The molecule has 0 unspecified atom stereocenters. The fourth-order valence-corrected chi connectivity index (χ4v) is 8.65. The number of hydrogen-bond acceptors (Lipinski definition) is 6. The van der Waals surface area contributed by atoms with Gasteiger partial charge in [-0.25, -0.2) is 22.0 Å². The van der Waals surface area contributed by atoms with Gasteiger partial charge in [0.2, 0.25) is 0 Å². The zero-order valence-electron chi connectivity index (χ0n) is 35.4. The number of benzene rings is 6. The molecule has 0 radical (unpaired) electrons. The predicted molar refractivity (Wildman–Crippen MR) is 234 cm³/mol. The minimum Gasteiger partial charge on any atom is -0.490 e. The highest BCUT2D eigenvalue weighted by atomic mass is 19.2. The number of esters is 1. The summed E-state index contributed by atoms with van der Waals surface area (Å²) in [6.45, 7) is 1.44. The van der Waals surface area contributed by atoms with Gasteiger partial charge in [0.25, 0.3) is 0 Å². The number of aliphatic carboxylic acids is 2. The maximum atomic E-state index is 15.0. The van der Waals surface area contributed by atoms with Crippen molar-refractivity contribution >= 4 is 17.9 Å². The average molecular weight is 903 g/mol. The molecular weight excluding hydrogens is 860 g/mol. The molecule has 10 rings (SSSR count). The molecule has 0 atom stereocenters. The Labute approximate surface area is 376 Å². The van der Waals surface area contributed by atoms with E-state index in [9.17, 15) is 46.5 Å². The van der Waals surface area contributed by atoms with Gasteiger partial charge in [-0.05, 0) is 127 Å². The van der Waals surface area contributed by atoms with Gasteiger partial charge in [0, 0.05) is 29.5 Å². The zero-order valence-corrected chi connectivity index (χ0v) is 35.4. The van der Waals surface area contributed by atoms with Gasteiger partial charge in [0.15, 0.2) is 11.6 Å². The zero-order chi connectivity index (χ0) is 46.4. The van der Waals surface area contributed by atoms with E-state index in [1.807, 2.05) is 24.3 Å². The van der Waals surface area contributed by atoms with E-state index >= 15 is 0 Å². The van der Waals surface area contributed by atoms with Gasteiger partial charge in [-0.3, -0.25) is 14.4 Å². The van der Waals surface area contributed by atoms with Gasteiger partial charge < -0.3 is 24.4 Å². The number of halogens is 5. The third-order valence-corrected chi connectivity index (χ3v) is 13.3. The number of carbonyl (C=O) groups is 3. The molecule has 4 fully saturated rings. The van der Waals surface area contributed by atoms with Crippen LogP contribution < -0.4 is 9.47 Å². The smallest absolute Gasteiger partial charge is 0.321 e. The van der Waals surface area contributed by atoms with Crippen LogP contribution in [0.1, 0.15) is 68.1 Å². The molecule has 66 heavy (non-hydrogen) atoms. The van der Waals surface area contributed by atoms with Crippen LogP contribution in [0.2, 0.25) is 0 Å². The van der Waals surface area contributed by atoms with E-state index in [2.05, 4.69) is 0 Å². The summed E-state index contributed by atoms with van der Waals surface area (Å²) in [5.41, 5.74) is 0.792. The number of carboxylic acid groups (broad SMARTS) is 2. The minimum absolute atomic E-state index is 0.0814. The monoisotopic (exact) mass is 902 g/mol. The van der Waals surface area contributed by atoms with Crippen molar-refractivity contribution in [1.82, 2.24) is 0 Å². The minimum atomic E-state index is -1.08. The summed E-state index contributed by atoms with van der Waals surface area (Å²) in [5, 5.41) is 18.8. The van der Waals surface area contributed by atoms with Gasteiger partial charge in [0.1, 0.15) is 35.1 Å². The van der Waals surface area contributed by atoms with Crippen LogP contribution in [-0.2, 0) is 35.4 Å². The van der Waals surface area contributed by atoms with Crippen molar-refractivity contribution in [3.05, 3.63) is 167 Å². The third kappa shape index (κ3) is 8.67. The van der Waals surface area contributed by atoms with Crippen LogP contribution in [0.25, 0.3) is 33.4 Å². The Bertz CT molecular complexity index is 2840. The Hall–Kier alpha value is -6.86. The van der Waals surface area contributed by atoms with Crippen LogP contribution >= 0.6 is 0 Å². The highest BCUT2D eigenvalue weighted by Gasteiger charge is 2.54. The van der Waals surface area contributed by atoms with E-state index < -0.39 is 63.2 Å². The molecular formula is C53H43F5O8. The van der Waals surface area contributed by atoms with Crippen molar-refractivity contribution < 1.29 is 60.8 Å². The molecule has 0 aromatic heterocycles. The number of carboxylic acids is 2. The number of hydrogen-bond donors (Lipinski definition) is 2. The molecule has 6 aromatic rings. The highest BCUT2D eigenvalue weighted by molar-refractivity contribution is 5.89. The molecule has 0 amide bonds. The van der Waals surface area contributed by atoms with E-state index in [1.165, 1.54) is 42.5 Å². The molecule has 13 heteroatoms. The van der Waals surface area contributed by atoms with Crippen molar-refractivity contribution in [2.75, 3.05) is 13.2 Å². The average Bonchev–Trinajstić information content (AvgIpc) is 4.18. The second-order valence-electron chi connectivity index (χ2n) is 17.4. The Kier molecular flexibility index (Phi) is 11.8. The summed E-state index contributed by atoms with van der Waals surface area (Å²) in [7, 11) is 0. The summed E-state index contributed by atoms with van der Waals surface area (Å²) < 4.78 is 88.2. The fourth-order valence-electron chi connectivity index (χ4n) is 8.65. The van der Waals surface area contributed by atoms with Crippen LogP contribution in [0.4, 0.5) is 22.0 Å². The van der Waals surface area contributed by atoms with E-state index in [-0.39, 0.29) is 28.5 Å². The summed E-state index contributed by atoms with van der Waals surface area (Å²) in [5.74, 6) is -5.11. The lowest BCUT2D eigenvalue weighted by molar-refractivity contribution is -0.141. The van der Waals surface area contributed by atoms with Crippen LogP contribution in [0.15, 0.2) is 121 Å². The van der Waals surface area contributed by atoms with Crippen molar-refractivity contribution in [3.63, 3.8) is 0 Å². The molecule has 6 aromatic carbocycles. The van der Waals surface area contributed by atoms with Crippen LogP contribution in [0.3, 0.4) is 0 Å². The Balaban J connectivity index is 0.000000182. The molecule has 338 valence electrons. The highest BCUT2D eigenvalue weighted by Crippen LogP contribution is 2.51. The first-order valence-electron chi connectivity index (χ1n) is 21.7. The first-order chi connectivity index (χ1) is 31.7. The van der Waals surface area contributed by atoms with E-state index in [1.54, 1.807) is 42.5 Å². The Morgan fingerprint density at radius 1 is 0.470 bits per heavy atom. The van der Waals surface area contributed by atoms with E-state index in [0.717, 1.165) is 49.5 Å². The maximum absolute atomic E-state index is 15.0. The third-order valence-electron chi connectivity index (χ3n) is 13.3. The Morgan fingerprint density at radius 3 is 1.29 bits per heavy atom. The van der Waals surface area contributed by atoms with Gasteiger partial charge in [-0.2, -0.15) is 0 Å². The molecule has 0 spiro atoms. The molecule has 8 nitrogen and oxygen atoms in total. The topological polar surface area (TPSA) is 119 Å². The standard InChI is InChI=1S/C32H22F4O4.C21H21FO4/c33-25-10-3-19(15-28(25)36)24-9-5-21(17-27(24)35)32(13-14-32)30(39)40-22-6-1-18(2-7-22)23-8-4-20(16-26(23)34)31(11-12-31)29(37)38;22-19-13-15(21(9-10-21)20(23)24)3-6-18(19)14-1-4-16(5-2-14)26-17-7-11-25-12-8-17/h1-10,15-17H,11-14H2,(H,37,38);1-6,13,17H,7-12H2,(H,23,24). The normalized spacial score (nSPS) is 17.4. The van der Waals surface area contributed by atoms with Crippen LogP contribution in [0.5, 0.6) is 11.5 Å². The first-order valence-corrected chi connectivity index (χ1v) is 21.7. The van der Waals surface area contributed by atoms with Gasteiger partial charge in [0.05, 0.1) is 29.5 Å². The lowest BCUT2D eigenvalue weighted by atomic mass is 9.93. The van der Waals surface area contributed by atoms with Crippen LogP contribution in [0, 0.1) is 29.1 Å².